The molecule has 0 aromatic heterocycles. The van der Waals surface area contributed by atoms with Gasteiger partial charge in [0, 0.05) is 0 Å². The van der Waals surface area contributed by atoms with Crippen molar-refractivity contribution < 1.29 is 10.2 Å². The number of rotatable bonds is 5. The van der Waals surface area contributed by atoms with Crippen LogP contribution in [0.2, 0.25) is 0 Å². The molecule has 27 heavy (non-hydrogen) atoms. The predicted octanol–water partition coefficient (Wildman–Crippen LogP) is 6.76. The molecule has 0 spiro atoms. The van der Waals surface area contributed by atoms with Crippen molar-refractivity contribution in [2.75, 3.05) is 0 Å². The summed E-state index contributed by atoms with van der Waals surface area (Å²) in [5, 5.41) is 19.4. The summed E-state index contributed by atoms with van der Waals surface area (Å²) >= 11 is 0. The first-order chi connectivity index (χ1) is 13.1. The number of phenols is 2. The third-order valence-electron chi connectivity index (χ3n) is 5.04. The molecule has 0 radical (unpaired) electrons. The number of aromatic hydroxyl groups is 2. The summed E-state index contributed by atoms with van der Waals surface area (Å²) in [5.74, 6) is 0.533. The highest BCUT2D eigenvalue weighted by molar-refractivity contribution is 5.84. The second kappa shape index (κ2) is 8.77. The van der Waals surface area contributed by atoms with E-state index >= 15 is 0 Å². The second-order valence-electron chi connectivity index (χ2n) is 7.33. The Labute approximate surface area is 162 Å². The van der Waals surface area contributed by atoms with E-state index in [1.165, 1.54) is 28.7 Å². The molecule has 1 fully saturated rings. The molecule has 1 saturated carbocycles. The second-order valence-corrected chi connectivity index (χ2v) is 7.33. The molecule has 2 nitrogen and oxygen atoms in total. The minimum Gasteiger partial charge on any atom is -0.508 e. The Morgan fingerprint density at radius 3 is 1.96 bits per heavy atom. The Morgan fingerprint density at radius 2 is 1.48 bits per heavy atom. The standard InChI is InChI=1S/C25H28O2/c1-3-5-22(17-19-7-4-6-18(2)16-19)25(20-8-12-23(26)13-9-20)21-10-14-24(27)15-11-21/h8-15,17,26-27H,2-7,16H2,1H3/b19-17+. The van der Waals surface area contributed by atoms with Crippen molar-refractivity contribution in [2.45, 2.75) is 45.4 Å². The Morgan fingerprint density at radius 1 is 0.926 bits per heavy atom. The minimum atomic E-state index is 0.266. The highest BCUT2D eigenvalue weighted by atomic mass is 16.3. The summed E-state index contributed by atoms with van der Waals surface area (Å²) in [4.78, 5) is 0. The summed E-state index contributed by atoms with van der Waals surface area (Å²) in [6, 6.07) is 14.8. The fourth-order valence-electron chi connectivity index (χ4n) is 3.77. The lowest BCUT2D eigenvalue weighted by Crippen LogP contribution is -1.99. The highest BCUT2D eigenvalue weighted by Gasteiger charge is 2.14. The Kier molecular flexibility index (Phi) is 6.18. The van der Waals surface area contributed by atoms with Crippen molar-refractivity contribution in [1.82, 2.24) is 0 Å². The lowest BCUT2D eigenvalue weighted by Gasteiger charge is -2.19. The van der Waals surface area contributed by atoms with Crippen LogP contribution >= 0.6 is 0 Å². The van der Waals surface area contributed by atoms with E-state index in [1.54, 1.807) is 24.3 Å². The summed E-state index contributed by atoms with van der Waals surface area (Å²) in [7, 11) is 0. The van der Waals surface area contributed by atoms with Crippen molar-refractivity contribution in [1.29, 1.82) is 0 Å². The van der Waals surface area contributed by atoms with Gasteiger partial charge in [-0.2, -0.15) is 0 Å². The van der Waals surface area contributed by atoms with Gasteiger partial charge >= 0.3 is 0 Å². The lowest BCUT2D eigenvalue weighted by molar-refractivity contribution is 0.475. The van der Waals surface area contributed by atoms with E-state index in [1.807, 2.05) is 24.3 Å². The number of benzene rings is 2. The van der Waals surface area contributed by atoms with E-state index < -0.39 is 0 Å². The van der Waals surface area contributed by atoms with Gasteiger partial charge in [0.2, 0.25) is 0 Å². The van der Waals surface area contributed by atoms with Crippen molar-refractivity contribution in [3.05, 3.63) is 89.0 Å². The zero-order valence-electron chi connectivity index (χ0n) is 16.0. The van der Waals surface area contributed by atoms with Crippen LogP contribution in [0, 0.1) is 0 Å². The van der Waals surface area contributed by atoms with Crippen LogP contribution in [0.15, 0.2) is 77.9 Å². The minimum absolute atomic E-state index is 0.266. The Hall–Kier alpha value is -2.74. The summed E-state index contributed by atoms with van der Waals surface area (Å²) in [6.45, 7) is 6.38. The van der Waals surface area contributed by atoms with Crippen LogP contribution < -0.4 is 0 Å². The Balaban J connectivity index is 2.16. The van der Waals surface area contributed by atoms with Crippen LogP contribution in [0.1, 0.15) is 56.6 Å². The molecule has 0 bridgehead atoms. The largest absolute Gasteiger partial charge is 0.508 e. The zero-order chi connectivity index (χ0) is 19.2. The van der Waals surface area contributed by atoms with Gasteiger partial charge < -0.3 is 10.2 Å². The summed E-state index contributed by atoms with van der Waals surface area (Å²) < 4.78 is 0. The van der Waals surface area contributed by atoms with Crippen LogP contribution in [0.4, 0.5) is 0 Å². The molecule has 140 valence electrons. The molecule has 0 amide bonds. The number of allylic oxidation sites excluding steroid dienone is 4. The summed E-state index contributed by atoms with van der Waals surface area (Å²) in [6.07, 6.45) is 8.83. The molecular weight excluding hydrogens is 332 g/mol. The topological polar surface area (TPSA) is 40.5 Å². The normalized spacial score (nSPS) is 15.7. The SMILES string of the molecule is C=C1CCC/C(=C\C(CCC)=C(c2ccc(O)cc2)c2ccc(O)cc2)C1. The fourth-order valence-corrected chi connectivity index (χ4v) is 3.77. The van der Waals surface area contributed by atoms with Crippen LogP contribution in [-0.2, 0) is 0 Å². The van der Waals surface area contributed by atoms with Gasteiger partial charge in [-0.15, -0.1) is 0 Å². The van der Waals surface area contributed by atoms with Gasteiger partial charge in [0.25, 0.3) is 0 Å². The fraction of sp³-hybridized carbons (Fsp3) is 0.280. The van der Waals surface area contributed by atoms with Gasteiger partial charge in [-0.25, -0.2) is 0 Å². The van der Waals surface area contributed by atoms with E-state index in [9.17, 15) is 10.2 Å². The van der Waals surface area contributed by atoms with Crippen molar-refractivity contribution in [2.24, 2.45) is 0 Å². The molecule has 3 rings (SSSR count). The first-order valence-corrected chi connectivity index (χ1v) is 9.75. The molecule has 1 aliphatic rings. The molecule has 2 heteroatoms. The number of hydrogen-bond acceptors (Lipinski definition) is 2. The molecule has 1 aliphatic carbocycles. The van der Waals surface area contributed by atoms with Gasteiger partial charge in [-0.3, -0.25) is 0 Å². The quantitative estimate of drug-likeness (QED) is 0.579. The molecule has 2 aromatic rings. The van der Waals surface area contributed by atoms with E-state index in [4.69, 9.17) is 0 Å². The first kappa shape index (κ1) is 19.0. The number of hydrogen-bond donors (Lipinski definition) is 2. The third-order valence-corrected chi connectivity index (χ3v) is 5.04. The molecule has 0 aliphatic heterocycles. The van der Waals surface area contributed by atoms with Crippen molar-refractivity contribution in [3.8, 4) is 11.5 Å². The molecule has 0 atom stereocenters. The average Bonchev–Trinajstić information content (AvgIpc) is 2.65. The van der Waals surface area contributed by atoms with E-state index in [2.05, 4.69) is 19.6 Å². The molecule has 0 saturated heterocycles. The van der Waals surface area contributed by atoms with Crippen LogP contribution in [0.3, 0.4) is 0 Å². The monoisotopic (exact) mass is 360 g/mol. The molecule has 2 aromatic carbocycles. The van der Waals surface area contributed by atoms with Gasteiger partial charge in [-0.05, 0) is 78.6 Å². The lowest BCUT2D eigenvalue weighted by atomic mass is 9.86. The van der Waals surface area contributed by atoms with E-state index in [-0.39, 0.29) is 11.5 Å². The van der Waals surface area contributed by atoms with Gasteiger partial charge in [0.05, 0.1) is 0 Å². The van der Waals surface area contributed by atoms with Crippen LogP contribution in [-0.4, -0.2) is 10.2 Å². The van der Waals surface area contributed by atoms with Crippen molar-refractivity contribution >= 4 is 5.57 Å². The van der Waals surface area contributed by atoms with Crippen molar-refractivity contribution in [3.63, 3.8) is 0 Å². The van der Waals surface area contributed by atoms with Gasteiger partial charge in [0.1, 0.15) is 11.5 Å². The van der Waals surface area contributed by atoms with E-state index in [0.29, 0.717) is 0 Å². The average molecular weight is 360 g/mol. The van der Waals surface area contributed by atoms with Crippen LogP contribution in [0.25, 0.3) is 5.57 Å². The van der Waals surface area contributed by atoms with Gasteiger partial charge in [0.15, 0.2) is 0 Å². The smallest absolute Gasteiger partial charge is 0.115 e. The first-order valence-electron chi connectivity index (χ1n) is 9.75. The van der Waals surface area contributed by atoms with Gasteiger partial charge in [-0.1, -0.05) is 61.4 Å². The molecule has 2 N–H and O–H groups in total. The van der Waals surface area contributed by atoms with Crippen LogP contribution in [0.5, 0.6) is 11.5 Å². The zero-order valence-corrected chi connectivity index (χ0v) is 16.0. The van der Waals surface area contributed by atoms with E-state index in [0.717, 1.165) is 43.2 Å². The summed E-state index contributed by atoms with van der Waals surface area (Å²) in [5.41, 5.74) is 7.39. The molecular formula is C25H28O2. The molecule has 0 heterocycles. The Bertz CT molecular complexity index is 805. The maximum atomic E-state index is 9.71. The number of phenolic OH excluding ortho intramolecular Hbond substituents is 2. The molecule has 0 unspecified atom stereocenters. The maximum absolute atomic E-state index is 9.71. The third kappa shape index (κ3) is 4.91. The highest BCUT2D eigenvalue weighted by Crippen LogP contribution is 2.35. The maximum Gasteiger partial charge on any atom is 0.115 e. The predicted molar refractivity (Wildman–Crippen MR) is 113 cm³/mol.